The number of rotatable bonds is 8. The molecule has 0 saturated carbocycles. The molecule has 0 aliphatic heterocycles. The summed E-state index contributed by atoms with van der Waals surface area (Å²) in [6, 6.07) is 7.51. The summed E-state index contributed by atoms with van der Waals surface area (Å²) < 4.78 is 0. The lowest BCUT2D eigenvalue weighted by atomic mass is 10.0. The van der Waals surface area contributed by atoms with Gasteiger partial charge in [-0.2, -0.15) is 5.26 Å². The van der Waals surface area contributed by atoms with Crippen molar-refractivity contribution in [1.82, 2.24) is 10.6 Å². The van der Waals surface area contributed by atoms with E-state index in [2.05, 4.69) is 10.6 Å². The summed E-state index contributed by atoms with van der Waals surface area (Å²) in [5.74, 6) is -1.98. The second-order valence-electron chi connectivity index (χ2n) is 5.80. The maximum atomic E-state index is 11.9. The van der Waals surface area contributed by atoms with Crippen LogP contribution in [0.4, 0.5) is 0 Å². The lowest BCUT2D eigenvalue weighted by molar-refractivity contribution is -0.142. The zero-order chi connectivity index (χ0) is 18.1. The van der Waals surface area contributed by atoms with Crippen molar-refractivity contribution in [3.63, 3.8) is 0 Å². The SMILES string of the molecule is CC(C)C[C@H](NC(=O)CNC(=O)c1ccc(CC#N)cc1)C(=O)O. The Bertz CT molecular complexity index is 632. The Kier molecular flexibility index (Phi) is 7.43. The molecular weight excluding hydrogens is 310 g/mol. The molecule has 0 fully saturated rings. The van der Waals surface area contributed by atoms with Crippen LogP contribution in [0.1, 0.15) is 36.2 Å². The number of amides is 2. The number of nitrogens with zero attached hydrogens (tertiary/aromatic N) is 1. The van der Waals surface area contributed by atoms with Gasteiger partial charge in [-0.05, 0) is 30.0 Å². The third kappa shape index (κ3) is 6.48. The standard InChI is InChI=1S/C17H21N3O4/c1-11(2)9-14(17(23)24)20-15(21)10-19-16(22)13-5-3-12(4-6-13)7-8-18/h3-6,11,14H,7,9-10H2,1-2H3,(H,19,22)(H,20,21)(H,23,24)/t14-/m0/s1. The monoisotopic (exact) mass is 331 g/mol. The summed E-state index contributed by atoms with van der Waals surface area (Å²) in [5, 5.41) is 22.5. The van der Waals surface area contributed by atoms with Crippen LogP contribution in [-0.4, -0.2) is 35.5 Å². The van der Waals surface area contributed by atoms with Crippen LogP contribution in [0.15, 0.2) is 24.3 Å². The molecule has 1 atom stereocenters. The lowest BCUT2D eigenvalue weighted by Gasteiger charge is -2.16. The molecule has 0 bridgehead atoms. The molecule has 0 heterocycles. The molecule has 0 spiro atoms. The number of carboxylic acids is 1. The van der Waals surface area contributed by atoms with Gasteiger partial charge in [-0.1, -0.05) is 26.0 Å². The van der Waals surface area contributed by atoms with Crippen molar-refractivity contribution in [3.05, 3.63) is 35.4 Å². The fourth-order valence-corrected chi connectivity index (χ4v) is 2.07. The highest BCUT2D eigenvalue weighted by molar-refractivity contribution is 5.96. The minimum absolute atomic E-state index is 0.118. The molecule has 0 aliphatic carbocycles. The third-order valence-electron chi connectivity index (χ3n) is 3.25. The Morgan fingerprint density at radius 3 is 2.33 bits per heavy atom. The molecule has 7 heteroatoms. The first kappa shape index (κ1) is 19.2. The molecule has 0 unspecified atom stereocenters. The zero-order valence-corrected chi connectivity index (χ0v) is 13.7. The molecule has 0 aliphatic rings. The highest BCUT2D eigenvalue weighted by Crippen LogP contribution is 2.06. The van der Waals surface area contributed by atoms with Crippen molar-refractivity contribution in [2.24, 2.45) is 5.92 Å². The smallest absolute Gasteiger partial charge is 0.326 e. The van der Waals surface area contributed by atoms with E-state index in [1.807, 2.05) is 19.9 Å². The molecule has 0 radical (unpaired) electrons. The van der Waals surface area contributed by atoms with Crippen LogP contribution in [0.5, 0.6) is 0 Å². The lowest BCUT2D eigenvalue weighted by Crippen LogP contribution is -2.46. The highest BCUT2D eigenvalue weighted by atomic mass is 16.4. The molecule has 7 nitrogen and oxygen atoms in total. The molecule has 2 amide bonds. The molecular formula is C17H21N3O4. The Hall–Kier alpha value is -2.88. The van der Waals surface area contributed by atoms with Crippen LogP contribution in [-0.2, 0) is 16.0 Å². The van der Waals surface area contributed by atoms with Crippen LogP contribution in [0.25, 0.3) is 0 Å². The average Bonchev–Trinajstić information content (AvgIpc) is 2.52. The van der Waals surface area contributed by atoms with Crippen molar-refractivity contribution < 1.29 is 19.5 Å². The van der Waals surface area contributed by atoms with Gasteiger partial charge in [0.15, 0.2) is 0 Å². The number of benzene rings is 1. The molecule has 0 aromatic heterocycles. The van der Waals surface area contributed by atoms with E-state index in [4.69, 9.17) is 10.4 Å². The van der Waals surface area contributed by atoms with Crippen LogP contribution in [0.3, 0.4) is 0 Å². The summed E-state index contributed by atoms with van der Waals surface area (Å²) in [4.78, 5) is 34.8. The summed E-state index contributed by atoms with van der Waals surface area (Å²) in [5.41, 5.74) is 1.16. The molecule has 1 aromatic carbocycles. The van der Waals surface area contributed by atoms with Gasteiger partial charge in [0.2, 0.25) is 5.91 Å². The second-order valence-corrected chi connectivity index (χ2v) is 5.80. The number of nitriles is 1. The first-order chi connectivity index (χ1) is 11.3. The van der Waals surface area contributed by atoms with Gasteiger partial charge < -0.3 is 15.7 Å². The van der Waals surface area contributed by atoms with E-state index in [0.29, 0.717) is 12.0 Å². The van der Waals surface area contributed by atoms with E-state index in [1.165, 1.54) is 0 Å². The van der Waals surface area contributed by atoms with Gasteiger partial charge in [0.05, 0.1) is 19.0 Å². The Morgan fingerprint density at radius 2 is 1.83 bits per heavy atom. The number of carbonyl (C=O) groups is 3. The number of carbonyl (C=O) groups excluding carboxylic acids is 2. The van der Waals surface area contributed by atoms with Gasteiger partial charge in [0.25, 0.3) is 5.91 Å². The predicted octanol–water partition coefficient (Wildman–Crippen LogP) is 1.10. The molecule has 1 aromatic rings. The van der Waals surface area contributed by atoms with E-state index in [9.17, 15) is 14.4 Å². The number of nitrogens with one attached hydrogen (secondary N) is 2. The first-order valence-electron chi connectivity index (χ1n) is 7.59. The van der Waals surface area contributed by atoms with Crippen LogP contribution in [0.2, 0.25) is 0 Å². The molecule has 0 saturated heterocycles. The maximum Gasteiger partial charge on any atom is 0.326 e. The van der Waals surface area contributed by atoms with Gasteiger partial charge in [-0.25, -0.2) is 4.79 Å². The van der Waals surface area contributed by atoms with E-state index < -0.39 is 23.8 Å². The number of hydrogen-bond donors (Lipinski definition) is 3. The minimum atomic E-state index is -1.10. The van der Waals surface area contributed by atoms with Gasteiger partial charge in [-0.3, -0.25) is 9.59 Å². The van der Waals surface area contributed by atoms with Crippen molar-refractivity contribution in [3.8, 4) is 6.07 Å². The number of aliphatic carboxylic acids is 1. The predicted molar refractivity (Wildman–Crippen MR) is 87.1 cm³/mol. The maximum absolute atomic E-state index is 11.9. The fourth-order valence-electron chi connectivity index (χ4n) is 2.07. The third-order valence-corrected chi connectivity index (χ3v) is 3.25. The summed E-state index contributed by atoms with van der Waals surface area (Å²) in [6.07, 6.45) is 0.576. The van der Waals surface area contributed by atoms with E-state index in [1.54, 1.807) is 24.3 Å². The number of hydrogen-bond acceptors (Lipinski definition) is 4. The van der Waals surface area contributed by atoms with Crippen molar-refractivity contribution in [2.45, 2.75) is 32.7 Å². The normalized spacial score (nSPS) is 11.4. The number of carboxylic acid groups (broad SMARTS) is 1. The molecule has 24 heavy (non-hydrogen) atoms. The average molecular weight is 331 g/mol. The quantitative estimate of drug-likeness (QED) is 0.659. The van der Waals surface area contributed by atoms with Gasteiger partial charge >= 0.3 is 5.97 Å². The van der Waals surface area contributed by atoms with Crippen LogP contribution >= 0.6 is 0 Å². The highest BCUT2D eigenvalue weighted by Gasteiger charge is 2.21. The molecule has 128 valence electrons. The van der Waals surface area contributed by atoms with Crippen molar-refractivity contribution >= 4 is 17.8 Å². The van der Waals surface area contributed by atoms with Gasteiger partial charge in [-0.15, -0.1) is 0 Å². The summed E-state index contributed by atoms with van der Waals surface area (Å²) >= 11 is 0. The Morgan fingerprint density at radius 1 is 1.21 bits per heavy atom. The Balaban J connectivity index is 2.52. The van der Waals surface area contributed by atoms with Crippen molar-refractivity contribution in [2.75, 3.05) is 6.54 Å². The van der Waals surface area contributed by atoms with Gasteiger partial charge in [0.1, 0.15) is 6.04 Å². The zero-order valence-electron chi connectivity index (χ0n) is 13.7. The van der Waals surface area contributed by atoms with E-state index in [-0.39, 0.29) is 18.9 Å². The Labute approximate surface area is 140 Å². The van der Waals surface area contributed by atoms with Crippen molar-refractivity contribution in [1.29, 1.82) is 5.26 Å². The summed E-state index contributed by atoms with van der Waals surface area (Å²) in [6.45, 7) is 3.42. The first-order valence-corrected chi connectivity index (χ1v) is 7.59. The fraction of sp³-hybridized carbons (Fsp3) is 0.412. The topological polar surface area (TPSA) is 119 Å². The summed E-state index contributed by atoms with van der Waals surface area (Å²) in [7, 11) is 0. The van der Waals surface area contributed by atoms with E-state index in [0.717, 1.165) is 5.56 Å². The molecule has 3 N–H and O–H groups in total. The van der Waals surface area contributed by atoms with Crippen LogP contribution in [0, 0.1) is 17.2 Å². The van der Waals surface area contributed by atoms with E-state index >= 15 is 0 Å². The minimum Gasteiger partial charge on any atom is -0.480 e. The van der Waals surface area contributed by atoms with Crippen LogP contribution < -0.4 is 10.6 Å². The molecule has 1 rings (SSSR count). The second kappa shape index (κ2) is 9.30. The largest absolute Gasteiger partial charge is 0.480 e. The van der Waals surface area contributed by atoms with Gasteiger partial charge in [0, 0.05) is 5.56 Å².